The highest BCUT2D eigenvalue weighted by molar-refractivity contribution is 5.92. The molecule has 0 aliphatic rings. The van der Waals surface area contributed by atoms with Gasteiger partial charge in [-0.05, 0) is 35.4 Å². The van der Waals surface area contributed by atoms with Crippen LogP contribution in [-0.2, 0) is 0 Å². The second-order valence-electron chi connectivity index (χ2n) is 4.48. The Balaban J connectivity index is 2.41. The van der Waals surface area contributed by atoms with E-state index in [-0.39, 0.29) is 11.3 Å². The maximum absolute atomic E-state index is 11.0. The van der Waals surface area contributed by atoms with Crippen molar-refractivity contribution in [2.24, 2.45) is 0 Å². The van der Waals surface area contributed by atoms with Crippen LogP contribution in [0.15, 0.2) is 42.5 Å². The van der Waals surface area contributed by atoms with Crippen LogP contribution in [0.25, 0.3) is 11.1 Å². The van der Waals surface area contributed by atoms with Crippen LogP contribution in [0.3, 0.4) is 0 Å². The Morgan fingerprint density at radius 1 is 1.00 bits per heavy atom. The first-order valence-electron chi connectivity index (χ1n) is 5.83. The minimum absolute atomic E-state index is 0.0887. The fraction of sp³-hybridized carbons (Fsp3) is 0.133. The van der Waals surface area contributed by atoms with E-state index < -0.39 is 5.97 Å². The molecule has 0 aliphatic carbocycles. The highest BCUT2D eigenvalue weighted by Gasteiger charge is 2.11. The van der Waals surface area contributed by atoms with Gasteiger partial charge in [0.2, 0.25) is 0 Å². The average Bonchev–Trinajstić information content (AvgIpc) is 2.39. The number of aromatic hydroxyl groups is 1. The van der Waals surface area contributed by atoms with Crippen molar-refractivity contribution in [3.63, 3.8) is 0 Å². The molecule has 4 nitrogen and oxygen atoms in total. The number of rotatable bonds is 3. The van der Waals surface area contributed by atoms with E-state index >= 15 is 0 Å². The zero-order valence-electron chi connectivity index (χ0n) is 10.8. The van der Waals surface area contributed by atoms with Gasteiger partial charge in [0.1, 0.15) is 11.3 Å². The molecule has 98 valence electrons. The summed E-state index contributed by atoms with van der Waals surface area (Å²) < 4.78 is 0. The Hall–Kier alpha value is -2.49. The van der Waals surface area contributed by atoms with Crippen LogP contribution in [0.4, 0.5) is 5.69 Å². The number of carbonyl (C=O) groups is 1. The second kappa shape index (κ2) is 5.02. The maximum atomic E-state index is 11.0. The number of phenols is 1. The first kappa shape index (κ1) is 13.0. The Morgan fingerprint density at radius 2 is 1.58 bits per heavy atom. The molecule has 0 amide bonds. The van der Waals surface area contributed by atoms with E-state index in [1.54, 1.807) is 6.07 Å². The zero-order valence-corrected chi connectivity index (χ0v) is 10.8. The molecule has 0 unspecified atom stereocenters. The van der Waals surface area contributed by atoms with Gasteiger partial charge in [-0.25, -0.2) is 4.79 Å². The number of hydrogen-bond donors (Lipinski definition) is 2. The number of hydrogen-bond acceptors (Lipinski definition) is 3. The van der Waals surface area contributed by atoms with Gasteiger partial charge < -0.3 is 15.1 Å². The third kappa shape index (κ3) is 2.68. The van der Waals surface area contributed by atoms with Crippen molar-refractivity contribution in [1.29, 1.82) is 0 Å². The number of anilines is 1. The van der Waals surface area contributed by atoms with Crippen molar-refractivity contribution in [3.05, 3.63) is 48.0 Å². The molecule has 2 rings (SSSR count). The molecule has 2 N–H and O–H groups in total. The van der Waals surface area contributed by atoms with Crippen molar-refractivity contribution in [2.75, 3.05) is 19.0 Å². The fourth-order valence-corrected chi connectivity index (χ4v) is 1.84. The molecule has 19 heavy (non-hydrogen) atoms. The van der Waals surface area contributed by atoms with E-state index in [1.165, 1.54) is 12.1 Å². The minimum atomic E-state index is -1.13. The van der Waals surface area contributed by atoms with Crippen LogP contribution in [0, 0.1) is 0 Å². The molecular formula is C15H15NO3. The summed E-state index contributed by atoms with van der Waals surface area (Å²) in [6, 6.07) is 12.3. The quantitative estimate of drug-likeness (QED) is 0.887. The largest absolute Gasteiger partial charge is 0.507 e. The second-order valence-corrected chi connectivity index (χ2v) is 4.48. The van der Waals surface area contributed by atoms with E-state index in [4.69, 9.17) is 5.11 Å². The van der Waals surface area contributed by atoms with Crippen molar-refractivity contribution >= 4 is 11.7 Å². The Kier molecular flexibility index (Phi) is 3.42. The van der Waals surface area contributed by atoms with Crippen LogP contribution in [0.2, 0.25) is 0 Å². The molecule has 0 fully saturated rings. The molecule has 0 aromatic heterocycles. The van der Waals surface area contributed by atoms with E-state index in [2.05, 4.69) is 0 Å². The normalized spacial score (nSPS) is 10.2. The third-order valence-electron chi connectivity index (χ3n) is 2.94. The summed E-state index contributed by atoms with van der Waals surface area (Å²) in [7, 11) is 3.91. The van der Waals surface area contributed by atoms with Gasteiger partial charge in [-0.2, -0.15) is 0 Å². The highest BCUT2D eigenvalue weighted by atomic mass is 16.4. The topological polar surface area (TPSA) is 60.8 Å². The maximum Gasteiger partial charge on any atom is 0.339 e. The van der Waals surface area contributed by atoms with Gasteiger partial charge in [-0.15, -0.1) is 0 Å². The highest BCUT2D eigenvalue weighted by Crippen LogP contribution is 2.27. The molecule has 2 aromatic rings. The summed E-state index contributed by atoms with van der Waals surface area (Å²) in [5.41, 5.74) is 2.66. The lowest BCUT2D eigenvalue weighted by Crippen LogP contribution is -2.07. The van der Waals surface area contributed by atoms with Gasteiger partial charge in [-0.1, -0.05) is 18.2 Å². The first-order chi connectivity index (χ1) is 8.99. The minimum Gasteiger partial charge on any atom is -0.507 e. The Morgan fingerprint density at radius 3 is 2.11 bits per heavy atom. The molecule has 4 heteroatoms. The summed E-state index contributed by atoms with van der Waals surface area (Å²) in [4.78, 5) is 13.0. The smallest absolute Gasteiger partial charge is 0.339 e. The third-order valence-corrected chi connectivity index (χ3v) is 2.94. The van der Waals surface area contributed by atoms with Gasteiger partial charge in [0, 0.05) is 19.8 Å². The Labute approximate surface area is 111 Å². The fourth-order valence-electron chi connectivity index (χ4n) is 1.84. The van der Waals surface area contributed by atoms with Crippen LogP contribution in [-0.4, -0.2) is 30.3 Å². The predicted molar refractivity (Wildman–Crippen MR) is 74.8 cm³/mol. The summed E-state index contributed by atoms with van der Waals surface area (Å²) in [6.07, 6.45) is 0. The van der Waals surface area contributed by atoms with Gasteiger partial charge in [0.05, 0.1) is 0 Å². The standard InChI is InChI=1S/C15H15NO3/c1-16(2)12-6-3-10(4-7-12)11-5-8-14(17)13(9-11)15(18)19/h3-9,17H,1-2H3,(H,18,19). The van der Waals surface area contributed by atoms with Gasteiger partial charge in [-0.3, -0.25) is 0 Å². The van der Waals surface area contributed by atoms with Crippen molar-refractivity contribution in [1.82, 2.24) is 0 Å². The van der Waals surface area contributed by atoms with E-state index in [0.717, 1.165) is 16.8 Å². The number of carboxylic acid groups (broad SMARTS) is 1. The summed E-state index contributed by atoms with van der Waals surface area (Å²) in [5, 5.41) is 18.5. The average molecular weight is 257 g/mol. The SMILES string of the molecule is CN(C)c1ccc(-c2ccc(O)c(C(=O)O)c2)cc1. The van der Waals surface area contributed by atoms with Crippen molar-refractivity contribution in [2.45, 2.75) is 0 Å². The number of carboxylic acids is 1. The van der Waals surface area contributed by atoms with Gasteiger partial charge >= 0.3 is 5.97 Å². The van der Waals surface area contributed by atoms with Crippen LogP contribution in [0.5, 0.6) is 5.75 Å². The molecule has 0 atom stereocenters. The van der Waals surface area contributed by atoms with Crippen molar-refractivity contribution < 1.29 is 15.0 Å². The lowest BCUT2D eigenvalue weighted by Gasteiger charge is -2.13. The monoisotopic (exact) mass is 257 g/mol. The lowest BCUT2D eigenvalue weighted by atomic mass is 10.0. The molecule has 0 saturated heterocycles. The van der Waals surface area contributed by atoms with Crippen LogP contribution < -0.4 is 4.90 Å². The summed E-state index contributed by atoms with van der Waals surface area (Å²) >= 11 is 0. The zero-order chi connectivity index (χ0) is 14.0. The summed E-state index contributed by atoms with van der Waals surface area (Å²) in [6.45, 7) is 0. The van der Waals surface area contributed by atoms with Gasteiger partial charge in [0.15, 0.2) is 0 Å². The lowest BCUT2D eigenvalue weighted by molar-refractivity contribution is 0.0694. The number of nitrogens with zero attached hydrogens (tertiary/aromatic N) is 1. The molecule has 0 bridgehead atoms. The van der Waals surface area contributed by atoms with E-state index in [9.17, 15) is 9.90 Å². The molecule has 0 heterocycles. The van der Waals surface area contributed by atoms with Gasteiger partial charge in [0.25, 0.3) is 0 Å². The summed E-state index contributed by atoms with van der Waals surface area (Å²) in [5.74, 6) is -1.36. The van der Waals surface area contributed by atoms with Crippen LogP contribution >= 0.6 is 0 Å². The Bertz CT molecular complexity index is 603. The predicted octanol–water partition coefficient (Wildman–Crippen LogP) is 2.82. The van der Waals surface area contributed by atoms with E-state index in [0.29, 0.717) is 0 Å². The molecular weight excluding hydrogens is 242 g/mol. The molecule has 0 saturated carbocycles. The molecule has 2 aromatic carbocycles. The first-order valence-corrected chi connectivity index (χ1v) is 5.83. The van der Waals surface area contributed by atoms with Crippen molar-refractivity contribution in [3.8, 4) is 16.9 Å². The molecule has 0 radical (unpaired) electrons. The molecule has 0 aliphatic heterocycles. The number of benzene rings is 2. The molecule has 0 spiro atoms. The van der Waals surface area contributed by atoms with E-state index in [1.807, 2.05) is 43.3 Å². The number of aromatic carboxylic acids is 1. The van der Waals surface area contributed by atoms with Crippen LogP contribution in [0.1, 0.15) is 10.4 Å².